The summed E-state index contributed by atoms with van der Waals surface area (Å²) >= 11 is 0. The Morgan fingerprint density at radius 1 is 1.08 bits per heavy atom. The van der Waals surface area contributed by atoms with Gasteiger partial charge in [0.15, 0.2) is 0 Å². The Balaban J connectivity index is 3.30. The molecule has 4 N–H and O–H groups in total. The zero-order chi connectivity index (χ0) is 9.56. The number of hydrogen-bond acceptors (Lipinski definition) is 2. The van der Waals surface area contributed by atoms with Crippen LogP contribution in [0.1, 0.15) is 46.5 Å². The lowest BCUT2D eigenvalue weighted by Crippen LogP contribution is -2.37. The van der Waals surface area contributed by atoms with E-state index in [0.29, 0.717) is 5.92 Å². The highest BCUT2D eigenvalue weighted by molar-refractivity contribution is 4.62. The SMILES string of the molecule is CCC(C)CCCC(C)C(N)N. The summed E-state index contributed by atoms with van der Waals surface area (Å²) in [5.41, 5.74) is 11.1. The van der Waals surface area contributed by atoms with E-state index in [1.165, 1.54) is 25.7 Å². The summed E-state index contributed by atoms with van der Waals surface area (Å²) in [6.07, 6.45) is 4.89. The predicted molar refractivity (Wildman–Crippen MR) is 54.6 cm³/mol. The molecule has 0 aliphatic heterocycles. The molecule has 2 heteroatoms. The largest absolute Gasteiger partial charge is 0.316 e. The van der Waals surface area contributed by atoms with E-state index >= 15 is 0 Å². The summed E-state index contributed by atoms with van der Waals surface area (Å²) in [5.74, 6) is 1.32. The molecule has 0 saturated carbocycles. The van der Waals surface area contributed by atoms with Gasteiger partial charge in [-0.05, 0) is 18.3 Å². The fourth-order valence-corrected chi connectivity index (χ4v) is 1.18. The van der Waals surface area contributed by atoms with Crippen LogP contribution in [0.4, 0.5) is 0 Å². The maximum atomic E-state index is 5.56. The van der Waals surface area contributed by atoms with Crippen LogP contribution < -0.4 is 11.5 Å². The molecule has 0 aliphatic carbocycles. The van der Waals surface area contributed by atoms with Crippen LogP contribution in [-0.4, -0.2) is 6.17 Å². The van der Waals surface area contributed by atoms with Gasteiger partial charge in [0.1, 0.15) is 0 Å². The molecule has 0 heterocycles. The monoisotopic (exact) mass is 172 g/mol. The zero-order valence-electron chi connectivity index (χ0n) is 8.72. The highest BCUT2D eigenvalue weighted by atomic mass is 14.9. The van der Waals surface area contributed by atoms with Crippen molar-refractivity contribution in [1.82, 2.24) is 0 Å². The van der Waals surface area contributed by atoms with Crippen LogP contribution in [0.25, 0.3) is 0 Å². The molecule has 2 atom stereocenters. The van der Waals surface area contributed by atoms with Gasteiger partial charge in [-0.2, -0.15) is 0 Å². The lowest BCUT2D eigenvalue weighted by Gasteiger charge is -2.16. The fourth-order valence-electron chi connectivity index (χ4n) is 1.18. The van der Waals surface area contributed by atoms with Crippen molar-refractivity contribution in [1.29, 1.82) is 0 Å². The maximum Gasteiger partial charge on any atom is 0.0547 e. The van der Waals surface area contributed by atoms with Crippen LogP contribution in [0, 0.1) is 11.8 Å². The molecule has 0 saturated heterocycles. The summed E-state index contributed by atoms with van der Waals surface area (Å²) in [6, 6.07) is 0. The molecule has 0 spiro atoms. The van der Waals surface area contributed by atoms with Crippen molar-refractivity contribution in [2.75, 3.05) is 0 Å². The van der Waals surface area contributed by atoms with Gasteiger partial charge in [0.25, 0.3) is 0 Å². The summed E-state index contributed by atoms with van der Waals surface area (Å²) in [6.45, 7) is 6.66. The van der Waals surface area contributed by atoms with Crippen LogP contribution in [0.5, 0.6) is 0 Å². The van der Waals surface area contributed by atoms with Gasteiger partial charge in [0.05, 0.1) is 6.17 Å². The molecule has 0 aliphatic rings. The normalized spacial score (nSPS) is 16.5. The second-order valence-corrected chi connectivity index (χ2v) is 4.00. The first-order valence-electron chi connectivity index (χ1n) is 5.09. The maximum absolute atomic E-state index is 5.56. The molecule has 2 unspecified atom stereocenters. The number of hydrogen-bond donors (Lipinski definition) is 2. The van der Waals surface area contributed by atoms with Gasteiger partial charge in [0.2, 0.25) is 0 Å². The molecule has 12 heavy (non-hydrogen) atoms. The summed E-state index contributed by atoms with van der Waals surface area (Å²) in [4.78, 5) is 0. The van der Waals surface area contributed by atoms with Crippen molar-refractivity contribution < 1.29 is 0 Å². The predicted octanol–water partition coefficient (Wildman–Crippen LogP) is 2.08. The Bertz CT molecular complexity index is 102. The molecule has 0 aromatic rings. The van der Waals surface area contributed by atoms with Crippen molar-refractivity contribution in [3.8, 4) is 0 Å². The van der Waals surface area contributed by atoms with E-state index in [0.717, 1.165) is 5.92 Å². The molecule has 0 fully saturated rings. The quantitative estimate of drug-likeness (QED) is 0.603. The first-order chi connectivity index (χ1) is 5.57. The molecule has 0 bridgehead atoms. The average molecular weight is 172 g/mol. The summed E-state index contributed by atoms with van der Waals surface area (Å²) in [7, 11) is 0. The second-order valence-electron chi connectivity index (χ2n) is 4.00. The van der Waals surface area contributed by atoms with Crippen LogP contribution in [0.2, 0.25) is 0 Å². The Hall–Kier alpha value is -0.0800. The van der Waals surface area contributed by atoms with Crippen molar-refractivity contribution in [2.24, 2.45) is 23.3 Å². The lowest BCUT2D eigenvalue weighted by atomic mass is 9.96. The summed E-state index contributed by atoms with van der Waals surface area (Å²) in [5, 5.41) is 0. The van der Waals surface area contributed by atoms with Crippen molar-refractivity contribution in [2.45, 2.75) is 52.6 Å². The smallest absolute Gasteiger partial charge is 0.0547 e. The topological polar surface area (TPSA) is 52.0 Å². The van der Waals surface area contributed by atoms with Gasteiger partial charge < -0.3 is 11.5 Å². The first kappa shape index (κ1) is 11.9. The average Bonchev–Trinajstić information content (AvgIpc) is 2.03. The second kappa shape index (κ2) is 6.44. The van der Waals surface area contributed by atoms with Gasteiger partial charge in [-0.1, -0.05) is 40.0 Å². The molecule has 0 radical (unpaired) electrons. The Labute approximate surface area is 76.7 Å². The van der Waals surface area contributed by atoms with E-state index in [9.17, 15) is 0 Å². The van der Waals surface area contributed by atoms with Crippen LogP contribution in [0.3, 0.4) is 0 Å². The highest BCUT2D eigenvalue weighted by Gasteiger charge is 2.07. The van der Waals surface area contributed by atoms with E-state index in [2.05, 4.69) is 20.8 Å². The lowest BCUT2D eigenvalue weighted by molar-refractivity contribution is 0.390. The standard InChI is InChI=1S/C10H24N2/c1-4-8(2)6-5-7-9(3)10(11)12/h8-10H,4-7,11-12H2,1-3H3. The van der Waals surface area contributed by atoms with E-state index in [-0.39, 0.29) is 6.17 Å². The zero-order valence-corrected chi connectivity index (χ0v) is 8.72. The van der Waals surface area contributed by atoms with Gasteiger partial charge in [0, 0.05) is 0 Å². The number of nitrogens with two attached hydrogens (primary N) is 2. The highest BCUT2D eigenvalue weighted by Crippen LogP contribution is 2.15. The Kier molecular flexibility index (Phi) is 6.39. The Morgan fingerprint density at radius 3 is 2.08 bits per heavy atom. The molecular formula is C10H24N2. The molecule has 0 amide bonds. The van der Waals surface area contributed by atoms with Gasteiger partial charge in [-0.15, -0.1) is 0 Å². The molecule has 0 rings (SSSR count). The molecule has 74 valence electrons. The third kappa shape index (κ3) is 5.56. The van der Waals surface area contributed by atoms with Gasteiger partial charge >= 0.3 is 0 Å². The van der Waals surface area contributed by atoms with Gasteiger partial charge in [-0.3, -0.25) is 0 Å². The molecule has 0 aromatic heterocycles. The van der Waals surface area contributed by atoms with E-state index in [1.54, 1.807) is 0 Å². The first-order valence-corrected chi connectivity index (χ1v) is 5.09. The van der Waals surface area contributed by atoms with Crippen LogP contribution >= 0.6 is 0 Å². The third-order valence-electron chi connectivity index (χ3n) is 2.71. The van der Waals surface area contributed by atoms with Crippen molar-refractivity contribution in [3.63, 3.8) is 0 Å². The minimum Gasteiger partial charge on any atom is -0.316 e. The fraction of sp³-hybridized carbons (Fsp3) is 1.00. The van der Waals surface area contributed by atoms with E-state index < -0.39 is 0 Å². The molecule has 2 nitrogen and oxygen atoms in total. The van der Waals surface area contributed by atoms with Crippen LogP contribution in [-0.2, 0) is 0 Å². The minimum atomic E-state index is -0.137. The van der Waals surface area contributed by atoms with E-state index in [4.69, 9.17) is 11.5 Å². The van der Waals surface area contributed by atoms with Gasteiger partial charge in [-0.25, -0.2) is 0 Å². The minimum absolute atomic E-state index is 0.137. The summed E-state index contributed by atoms with van der Waals surface area (Å²) < 4.78 is 0. The third-order valence-corrected chi connectivity index (χ3v) is 2.71. The molecule has 0 aromatic carbocycles. The van der Waals surface area contributed by atoms with Crippen LogP contribution in [0.15, 0.2) is 0 Å². The molecular weight excluding hydrogens is 148 g/mol. The van der Waals surface area contributed by atoms with Crippen molar-refractivity contribution in [3.05, 3.63) is 0 Å². The van der Waals surface area contributed by atoms with Crippen molar-refractivity contribution >= 4 is 0 Å². The number of rotatable bonds is 6. The Morgan fingerprint density at radius 2 is 1.67 bits per heavy atom. The van der Waals surface area contributed by atoms with E-state index in [1.807, 2.05) is 0 Å².